The second kappa shape index (κ2) is 4.62. The monoisotopic (exact) mass is 243 g/mol. The Hall–Kier alpha value is -2.14. The molecule has 0 saturated carbocycles. The van der Waals surface area contributed by atoms with Crippen molar-refractivity contribution < 1.29 is 9.26 Å². The molecule has 18 heavy (non-hydrogen) atoms. The molecule has 1 N–H and O–H groups in total. The summed E-state index contributed by atoms with van der Waals surface area (Å²) in [5.41, 5.74) is 2.01. The van der Waals surface area contributed by atoms with E-state index in [2.05, 4.69) is 15.1 Å². The molecular weight excluding hydrogens is 230 g/mol. The largest absolute Gasteiger partial charge is 0.384 e. The fraction of sp³-hybridized carbons (Fsp3) is 0.231. The van der Waals surface area contributed by atoms with Gasteiger partial charge in [-0.1, -0.05) is 11.2 Å². The maximum absolute atomic E-state index is 5.29. The average molecular weight is 243 g/mol. The molecule has 1 aromatic carbocycles. The van der Waals surface area contributed by atoms with Gasteiger partial charge in [0, 0.05) is 36.2 Å². The summed E-state index contributed by atoms with van der Waals surface area (Å²) in [4.78, 5) is 7.54. The zero-order valence-electron chi connectivity index (χ0n) is 10.0. The molecule has 0 unspecified atom stereocenters. The van der Waals surface area contributed by atoms with Gasteiger partial charge >= 0.3 is 0 Å². The Balaban J connectivity index is 1.98. The van der Waals surface area contributed by atoms with Crippen LogP contribution < -0.4 is 0 Å². The lowest BCUT2D eigenvalue weighted by Gasteiger charge is -1.96. The van der Waals surface area contributed by atoms with Gasteiger partial charge in [0.1, 0.15) is 0 Å². The first-order valence-electron chi connectivity index (χ1n) is 5.76. The van der Waals surface area contributed by atoms with E-state index >= 15 is 0 Å². The van der Waals surface area contributed by atoms with Crippen LogP contribution in [0.2, 0.25) is 0 Å². The summed E-state index contributed by atoms with van der Waals surface area (Å²) in [6.07, 6.45) is 2.56. The minimum atomic E-state index is 0.548. The lowest BCUT2D eigenvalue weighted by molar-refractivity contribution is 0.199. The molecule has 5 heteroatoms. The standard InChI is InChI=1S/C13H13N3O2/c1-17-8-6-12-15-13(18-16-12)10-3-2-4-11-9(10)5-7-14-11/h2-5,7,14H,6,8H2,1H3. The van der Waals surface area contributed by atoms with E-state index in [1.807, 2.05) is 30.5 Å². The highest BCUT2D eigenvalue weighted by Crippen LogP contribution is 2.26. The summed E-state index contributed by atoms with van der Waals surface area (Å²) < 4.78 is 10.3. The van der Waals surface area contributed by atoms with Gasteiger partial charge in [0.25, 0.3) is 5.89 Å². The van der Waals surface area contributed by atoms with Crippen LogP contribution in [0.3, 0.4) is 0 Å². The van der Waals surface area contributed by atoms with Crippen molar-refractivity contribution in [2.24, 2.45) is 0 Å². The van der Waals surface area contributed by atoms with Crippen LogP contribution in [-0.4, -0.2) is 28.8 Å². The third-order valence-corrected chi connectivity index (χ3v) is 2.82. The van der Waals surface area contributed by atoms with Crippen LogP contribution in [0.1, 0.15) is 5.82 Å². The first kappa shape index (κ1) is 11.0. The maximum Gasteiger partial charge on any atom is 0.258 e. The number of nitrogens with one attached hydrogen (secondary N) is 1. The number of ether oxygens (including phenoxy) is 1. The Morgan fingerprint density at radius 1 is 1.33 bits per heavy atom. The van der Waals surface area contributed by atoms with Gasteiger partial charge in [-0.2, -0.15) is 4.98 Å². The van der Waals surface area contributed by atoms with Crippen LogP contribution in [0.15, 0.2) is 35.0 Å². The van der Waals surface area contributed by atoms with Crippen LogP contribution in [0, 0.1) is 0 Å². The van der Waals surface area contributed by atoms with Gasteiger partial charge in [-0.05, 0) is 18.2 Å². The number of hydrogen-bond acceptors (Lipinski definition) is 4. The average Bonchev–Trinajstić information content (AvgIpc) is 3.04. The van der Waals surface area contributed by atoms with Crippen molar-refractivity contribution in [1.82, 2.24) is 15.1 Å². The molecule has 3 aromatic rings. The number of nitrogens with zero attached hydrogens (tertiary/aromatic N) is 2. The predicted octanol–water partition coefficient (Wildman–Crippen LogP) is 2.41. The highest BCUT2D eigenvalue weighted by molar-refractivity contribution is 5.92. The Bertz CT molecular complexity index is 657. The predicted molar refractivity (Wildman–Crippen MR) is 67.2 cm³/mol. The number of methoxy groups -OCH3 is 1. The zero-order valence-corrected chi connectivity index (χ0v) is 10.0. The Morgan fingerprint density at radius 3 is 3.17 bits per heavy atom. The molecule has 0 aliphatic carbocycles. The highest BCUT2D eigenvalue weighted by Gasteiger charge is 2.11. The van der Waals surface area contributed by atoms with Crippen molar-refractivity contribution in [2.75, 3.05) is 13.7 Å². The SMILES string of the molecule is COCCc1noc(-c2cccc3[nH]ccc23)n1. The van der Waals surface area contributed by atoms with Crippen LogP contribution in [-0.2, 0) is 11.2 Å². The molecule has 0 aliphatic heterocycles. The van der Waals surface area contributed by atoms with E-state index in [0.29, 0.717) is 24.7 Å². The van der Waals surface area contributed by atoms with Crippen LogP contribution in [0.5, 0.6) is 0 Å². The Kier molecular flexibility index (Phi) is 2.82. The summed E-state index contributed by atoms with van der Waals surface area (Å²) >= 11 is 0. The van der Waals surface area contributed by atoms with Gasteiger partial charge in [0.15, 0.2) is 5.82 Å². The fourth-order valence-corrected chi connectivity index (χ4v) is 1.93. The molecule has 5 nitrogen and oxygen atoms in total. The molecule has 0 bridgehead atoms. The van der Waals surface area contributed by atoms with Crippen molar-refractivity contribution >= 4 is 10.9 Å². The first-order valence-corrected chi connectivity index (χ1v) is 5.76. The number of aromatic nitrogens is 3. The van der Waals surface area contributed by atoms with Gasteiger partial charge < -0.3 is 14.2 Å². The Labute approximate surface area is 104 Å². The van der Waals surface area contributed by atoms with Crippen LogP contribution >= 0.6 is 0 Å². The van der Waals surface area contributed by atoms with Crippen molar-refractivity contribution in [3.63, 3.8) is 0 Å². The number of fused-ring (bicyclic) bond motifs is 1. The van der Waals surface area contributed by atoms with Gasteiger partial charge in [-0.3, -0.25) is 0 Å². The topological polar surface area (TPSA) is 63.9 Å². The lowest BCUT2D eigenvalue weighted by Crippen LogP contribution is -1.96. The number of hydrogen-bond donors (Lipinski definition) is 1. The van der Waals surface area contributed by atoms with Gasteiger partial charge in [-0.25, -0.2) is 0 Å². The summed E-state index contributed by atoms with van der Waals surface area (Å²) in [6.45, 7) is 0.591. The molecule has 0 atom stereocenters. The normalized spacial score (nSPS) is 11.2. The van der Waals surface area contributed by atoms with Gasteiger partial charge in [0.2, 0.25) is 0 Å². The third-order valence-electron chi connectivity index (χ3n) is 2.82. The first-order chi connectivity index (χ1) is 8.88. The van der Waals surface area contributed by atoms with E-state index < -0.39 is 0 Å². The number of rotatable bonds is 4. The smallest absolute Gasteiger partial charge is 0.258 e. The second-order valence-electron chi connectivity index (χ2n) is 4.00. The molecule has 0 aliphatic rings. The summed E-state index contributed by atoms with van der Waals surface area (Å²) in [7, 11) is 1.65. The lowest BCUT2D eigenvalue weighted by atomic mass is 10.1. The van der Waals surface area contributed by atoms with E-state index in [1.165, 1.54) is 0 Å². The van der Waals surface area contributed by atoms with Crippen molar-refractivity contribution in [2.45, 2.75) is 6.42 Å². The molecular formula is C13H13N3O2. The molecule has 2 aromatic heterocycles. The minimum Gasteiger partial charge on any atom is -0.384 e. The zero-order chi connectivity index (χ0) is 12.4. The summed E-state index contributed by atoms with van der Waals surface area (Å²) in [6, 6.07) is 7.96. The van der Waals surface area contributed by atoms with Crippen molar-refractivity contribution in [3.8, 4) is 11.5 Å². The highest BCUT2D eigenvalue weighted by atomic mass is 16.5. The molecule has 0 fully saturated rings. The molecule has 0 radical (unpaired) electrons. The van der Waals surface area contributed by atoms with Gasteiger partial charge in [0.05, 0.1) is 6.61 Å². The summed E-state index contributed by atoms with van der Waals surface area (Å²) in [5, 5.41) is 5.03. The van der Waals surface area contributed by atoms with E-state index in [-0.39, 0.29) is 0 Å². The molecule has 0 saturated heterocycles. The third kappa shape index (κ3) is 1.89. The second-order valence-corrected chi connectivity index (χ2v) is 4.00. The number of benzene rings is 1. The maximum atomic E-state index is 5.29. The Morgan fingerprint density at radius 2 is 2.28 bits per heavy atom. The van der Waals surface area contributed by atoms with E-state index in [0.717, 1.165) is 16.5 Å². The van der Waals surface area contributed by atoms with E-state index in [4.69, 9.17) is 9.26 Å². The van der Waals surface area contributed by atoms with Crippen molar-refractivity contribution in [3.05, 3.63) is 36.3 Å². The van der Waals surface area contributed by atoms with Crippen LogP contribution in [0.25, 0.3) is 22.4 Å². The molecule has 2 heterocycles. The van der Waals surface area contributed by atoms with Crippen LogP contribution in [0.4, 0.5) is 0 Å². The summed E-state index contributed by atoms with van der Waals surface area (Å²) in [5.74, 6) is 1.21. The molecule has 3 rings (SSSR count). The van der Waals surface area contributed by atoms with E-state index in [9.17, 15) is 0 Å². The minimum absolute atomic E-state index is 0.548. The quantitative estimate of drug-likeness (QED) is 0.764. The van der Waals surface area contributed by atoms with E-state index in [1.54, 1.807) is 7.11 Å². The number of H-pyrrole nitrogens is 1. The van der Waals surface area contributed by atoms with Crippen molar-refractivity contribution in [1.29, 1.82) is 0 Å². The molecule has 0 amide bonds. The molecule has 0 spiro atoms. The van der Waals surface area contributed by atoms with Gasteiger partial charge in [-0.15, -0.1) is 0 Å². The molecule has 92 valence electrons. The fourth-order valence-electron chi connectivity index (χ4n) is 1.93. The number of aromatic amines is 1.